The van der Waals surface area contributed by atoms with Gasteiger partial charge in [0.05, 0.1) is 24.0 Å². The second kappa shape index (κ2) is 10.8. The lowest BCUT2D eigenvalue weighted by Crippen LogP contribution is -2.55. The molecule has 0 aliphatic carbocycles. The van der Waals surface area contributed by atoms with Crippen molar-refractivity contribution in [1.29, 1.82) is 0 Å². The molecule has 3 aliphatic heterocycles. The minimum Gasteiger partial charge on any atom is -0.494 e. The van der Waals surface area contributed by atoms with Crippen LogP contribution >= 0.6 is 0 Å². The number of nitrogens with one attached hydrogen (secondary N) is 2. The number of carbonyl (C=O) groups is 3. The molecule has 3 amide bonds. The minimum absolute atomic E-state index is 0.0908. The van der Waals surface area contributed by atoms with Crippen molar-refractivity contribution in [2.45, 2.75) is 76.5 Å². The van der Waals surface area contributed by atoms with E-state index in [1.54, 1.807) is 24.3 Å². The molecule has 3 aliphatic rings. The van der Waals surface area contributed by atoms with Gasteiger partial charge in [-0.3, -0.25) is 14.4 Å². The van der Waals surface area contributed by atoms with Crippen molar-refractivity contribution in [1.82, 2.24) is 10.2 Å². The van der Waals surface area contributed by atoms with Gasteiger partial charge in [0.15, 0.2) is 0 Å². The first-order chi connectivity index (χ1) is 17.3. The van der Waals surface area contributed by atoms with E-state index in [4.69, 9.17) is 9.47 Å². The predicted molar refractivity (Wildman–Crippen MR) is 134 cm³/mol. The molecule has 1 aromatic rings. The van der Waals surface area contributed by atoms with E-state index in [0.717, 1.165) is 19.3 Å². The van der Waals surface area contributed by atoms with Crippen LogP contribution in [-0.4, -0.2) is 71.3 Å². The number of carbonyl (C=O) groups excluding carboxylic acids is 3. The van der Waals surface area contributed by atoms with Gasteiger partial charge in [-0.05, 0) is 63.8 Å². The number of nitrogens with zero attached hydrogens (tertiary/aromatic N) is 1. The van der Waals surface area contributed by atoms with Gasteiger partial charge < -0.3 is 30.1 Å². The number of benzene rings is 1. The Balaban J connectivity index is 1.59. The summed E-state index contributed by atoms with van der Waals surface area (Å²) in [6.07, 6.45) is 4.39. The Kier molecular flexibility index (Phi) is 7.90. The number of fused-ring (bicyclic) bond motifs is 1. The van der Waals surface area contributed by atoms with E-state index >= 15 is 0 Å². The number of aliphatic hydroxyl groups excluding tert-OH is 1. The summed E-state index contributed by atoms with van der Waals surface area (Å²) in [7, 11) is 0. The molecule has 5 atom stereocenters. The van der Waals surface area contributed by atoms with Crippen molar-refractivity contribution in [2.75, 3.05) is 31.6 Å². The number of hydrogen-bond acceptors (Lipinski definition) is 6. The Hall–Kier alpha value is -2.65. The Labute approximate surface area is 212 Å². The summed E-state index contributed by atoms with van der Waals surface area (Å²) in [6, 6.07) is 6.30. The monoisotopic (exact) mass is 501 g/mol. The van der Waals surface area contributed by atoms with E-state index in [-0.39, 0.29) is 30.9 Å². The fourth-order valence-corrected chi connectivity index (χ4v) is 6.31. The highest BCUT2D eigenvalue weighted by molar-refractivity contribution is 6.02. The summed E-state index contributed by atoms with van der Waals surface area (Å²) >= 11 is 0. The smallest absolute Gasteiger partial charge is 0.245 e. The Bertz CT molecular complexity index is 969. The van der Waals surface area contributed by atoms with Gasteiger partial charge in [0.25, 0.3) is 0 Å². The highest BCUT2D eigenvalue weighted by Crippen LogP contribution is 2.63. The van der Waals surface area contributed by atoms with Crippen LogP contribution in [0.5, 0.6) is 5.75 Å². The van der Waals surface area contributed by atoms with Crippen molar-refractivity contribution < 1.29 is 29.0 Å². The van der Waals surface area contributed by atoms with Crippen molar-refractivity contribution >= 4 is 23.4 Å². The summed E-state index contributed by atoms with van der Waals surface area (Å²) in [5, 5.41) is 15.4. The number of amides is 3. The lowest BCUT2D eigenvalue weighted by atomic mass is 9.66. The van der Waals surface area contributed by atoms with E-state index in [9.17, 15) is 19.5 Å². The third-order valence-electron chi connectivity index (χ3n) is 7.88. The maximum atomic E-state index is 13.8. The van der Waals surface area contributed by atoms with Gasteiger partial charge in [0, 0.05) is 25.4 Å². The van der Waals surface area contributed by atoms with Crippen LogP contribution in [0.1, 0.15) is 59.3 Å². The Morgan fingerprint density at radius 3 is 2.56 bits per heavy atom. The topological polar surface area (TPSA) is 117 Å². The van der Waals surface area contributed by atoms with Crippen LogP contribution in [0.25, 0.3) is 0 Å². The molecule has 0 aromatic heterocycles. The van der Waals surface area contributed by atoms with Crippen LogP contribution in [0.4, 0.5) is 5.69 Å². The van der Waals surface area contributed by atoms with Crippen LogP contribution in [-0.2, 0) is 19.1 Å². The summed E-state index contributed by atoms with van der Waals surface area (Å²) in [5.74, 6) is -1.52. The first-order valence-corrected chi connectivity index (χ1v) is 13.2. The number of anilines is 1. The van der Waals surface area contributed by atoms with Crippen LogP contribution in [0.2, 0.25) is 0 Å². The van der Waals surface area contributed by atoms with E-state index < -0.39 is 29.1 Å². The molecule has 198 valence electrons. The molecule has 9 nitrogen and oxygen atoms in total. The van der Waals surface area contributed by atoms with Crippen LogP contribution in [0.3, 0.4) is 0 Å². The minimum atomic E-state index is -1.04. The second-order valence-electron chi connectivity index (χ2n) is 10.3. The molecule has 36 heavy (non-hydrogen) atoms. The van der Waals surface area contributed by atoms with Gasteiger partial charge in [0.1, 0.15) is 17.4 Å². The molecule has 4 rings (SSSR count). The maximum Gasteiger partial charge on any atom is 0.245 e. The largest absolute Gasteiger partial charge is 0.494 e. The quantitative estimate of drug-likeness (QED) is 0.379. The molecule has 9 heteroatoms. The van der Waals surface area contributed by atoms with Gasteiger partial charge in [-0.1, -0.05) is 19.8 Å². The van der Waals surface area contributed by atoms with Gasteiger partial charge in [0.2, 0.25) is 17.7 Å². The molecule has 3 N–H and O–H groups in total. The van der Waals surface area contributed by atoms with E-state index in [1.807, 2.05) is 13.8 Å². The SMILES string of the molecule is CCCCCNC(=O)C1N(CCCO)C(=O)[C@@H]2[C@H](C(=O)Nc3ccc(OCC)cc3)[C@]3(C)CCC12O3. The lowest BCUT2D eigenvalue weighted by Gasteiger charge is -2.33. The Morgan fingerprint density at radius 1 is 1.14 bits per heavy atom. The van der Waals surface area contributed by atoms with Gasteiger partial charge in [-0.25, -0.2) is 0 Å². The average Bonchev–Trinajstić information content (AvgIpc) is 3.42. The molecule has 0 radical (unpaired) electrons. The fourth-order valence-electron chi connectivity index (χ4n) is 6.31. The molecule has 3 fully saturated rings. The Morgan fingerprint density at radius 2 is 1.89 bits per heavy atom. The molecule has 0 saturated carbocycles. The zero-order valence-corrected chi connectivity index (χ0v) is 21.5. The molecule has 2 unspecified atom stereocenters. The standard InChI is InChI=1S/C27H39N3O6/c1-4-6-7-15-28-24(33)22-27-14-13-26(3,36-27)20(21(27)25(34)30(22)16-8-17-31)23(32)29-18-9-11-19(12-10-18)35-5-2/h9-12,20-22,31H,4-8,13-17H2,1-3H3,(H,28,33)(H,29,32)/t20-,21+,22?,26+,27?/m1/s1. The van der Waals surface area contributed by atoms with Crippen molar-refractivity contribution in [2.24, 2.45) is 11.8 Å². The first-order valence-electron chi connectivity index (χ1n) is 13.2. The predicted octanol–water partition coefficient (Wildman–Crippen LogP) is 2.48. The van der Waals surface area contributed by atoms with Crippen LogP contribution < -0.4 is 15.4 Å². The fraction of sp³-hybridized carbons (Fsp3) is 0.667. The van der Waals surface area contributed by atoms with Crippen LogP contribution in [0, 0.1) is 11.8 Å². The first kappa shape index (κ1) is 26.4. The second-order valence-corrected chi connectivity index (χ2v) is 10.3. The summed E-state index contributed by atoms with van der Waals surface area (Å²) in [5.41, 5.74) is -1.27. The summed E-state index contributed by atoms with van der Waals surface area (Å²) in [6.45, 7) is 7.12. The van der Waals surface area contributed by atoms with E-state index in [2.05, 4.69) is 17.6 Å². The van der Waals surface area contributed by atoms with Crippen molar-refractivity contribution in [3.8, 4) is 5.75 Å². The number of hydrogen-bond donors (Lipinski definition) is 3. The van der Waals surface area contributed by atoms with E-state index in [0.29, 0.717) is 43.9 Å². The number of aliphatic hydroxyl groups is 1. The van der Waals surface area contributed by atoms with Gasteiger partial charge in [-0.2, -0.15) is 0 Å². The molecule has 1 aromatic carbocycles. The average molecular weight is 502 g/mol. The number of ether oxygens (including phenoxy) is 2. The summed E-state index contributed by atoms with van der Waals surface area (Å²) in [4.78, 5) is 42.4. The molecular weight excluding hydrogens is 462 g/mol. The molecule has 2 bridgehead atoms. The van der Waals surface area contributed by atoms with Crippen molar-refractivity contribution in [3.05, 3.63) is 24.3 Å². The molecule has 3 heterocycles. The number of rotatable bonds is 12. The zero-order chi connectivity index (χ0) is 25.9. The zero-order valence-electron chi connectivity index (χ0n) is 21.5. The molecule has 1 spiro atoms. The third-order valence-corrected chi connectivity index (χ3v) is 7.88. The number of unbranched alkanes of at least 4 members (excludes halogenated alkanes) is 2. The van der Waals surface area contributed by atoms with E-state index in [1.165, 1.54) is 4.90 Å². The maximum absolute atomic E-state index is 13.8. The van der Waals surface area contributed by atoms with Crippen molar-refractivity contribution in [3.63, 3.8) is 0 Å². The highest BCUT2D eigenvalue weighted by atomic mass is 16.5. The van der Waals surface area contributed by atoms with Gasteiger partial charge in [-0.15, -0.1) is 0 Å². The third kappa shape index (κ3) is 4.59. The summed E-state index contributed by atoms with van der Waals surface area (Å²) < 4.78 is 12.0. The highest BCUT2D eigenvalue weighted by Gasteiger charge is 2.77. The van der Waals surface area contributed by atoms with Crippen LogP contribution in [0.15, 0.2) is 24.3 Å². The number of likely N-dealkylation sites (tertiary alicyclic amines) is 1. The lowest BCUT2D eigenvalue weighted by molar-refractivity contribution is -0.145. The molecular formula is C27H39N3O6. The molecule has 3 saturated heterocycles. The normalized spacial score (nSPS) is 30.4. The van der Waals surface area contributed by atoms with Gasteiger partial charge >= 0.3 is 0 Å².